The minimum Gasteiger partial charge on any atom is -0.506 e. The molecule has 4 heteroatoms. The second kappa shape index (κ2) is 3.22. The van der Waals surface area contributed by atoms with Crippen molar-refractivity contribution in [3.05, 3.63) is 23.0 Å². The number of halogens is 1. The normalized spacial score (nSPS) is 9.09. The van der Waals surface area contributed by atoms with Gasteiger partial charge in [-0.2, -0.15) is 5.26 Å². The summed E-state index contributed by atoms with van der Waals surface area (Å²) in [7, 11) is 0. The molecule has 0 aromatic carbocycles. The molecule has 11 heavy (non-hydrogen) atoms. The molecular formula is C7H5ClN2O. The first-order chi connectivity index (χ1) is 5.25. The summed E-state index contributed by atoms with van der Waals surface area (Å²) in [5.74, 6) is -0.0287. The number of nitriles is 1. The van der Waals surface area contributed by atoms with Gasteiger partial charge in [0.1, 0.15) is 5.75 Å². The van der Waals surface area contributed by atoms with Crippen LogP contribution >= 0.6 is 11.6 Å². The smallest absolute Gasteiger partial charge is 0.139 e. The molecule has 0 aliphatic heterocycles. The average molecular weight is 169 g/mol. The quantitative estimate of drug-likeness (QED) is 0.692. The van der Waals surface area contributed by atoms with Crippen LogP contribution in [0.25, 0.3) is 0 Å². The van der Waals surface area contributed by atoms with Gasteiger partial charge in [0.2, 0.25) is 0 Å². The zero-order valence-corrected chi connectivity index (χ0v) is 6.34. The van der Waals surface area contributed by atoms with Crippen LogP contribution in [0.15, 0.2) is 12.4 Å². The van der Waals surface area contributed by atoms with Crippen molar-refractivity contribution >= 4 is 11.6 Å². The van der Waals surface area contributed by atoms with E-state index in [2.05, 4.69) is 4.98 Å². The van der Waals surface area contributed by atoms with Crippen molar-refractivity contribution in [3.63, 3.8) is 0 Å². The van der Waals surface area contributed by atoms with Crippen molar-refractivity contribution in [1.29, 1.82) is 5.26 Å². The SMILES string of the molecule is N#CCc1c(O)cncc1Cl. The number of nitrogens with zero attached hydrogens (tertiary/aromatic N) is 2. The van der Waals surface area contributed by atoms with Crippen LogP contribution in [0.4, 0.5) is 0 Å². The molecule has 1 rings (SSSR count). The third-order valence-electron chi connectivity index (χ3n) is 1.24. The van der Waals surface area contributed by atoms with E-state index in [9.17, 15) is 0 Å². The third-order valence-corrected chi connectivity index (χ3v) is 1.56. The summed E-state index contributed by atoms with van der Waals surface area (Å²) in [6.45, 7) is 0. The highest BCUT2D eigenvalue weighted by molar-refractivity contribution is 6.31. The van der Waals surface area contributed by atoms with E-state index in [-0.39, 0.29) is 12.2 Å². The van der Waals surface area contributed by atoms with E-state index in [0.29, 0.717) is 10.6 Å². The maximum atomic E-state index is 9.12. The highest BCUT2D eigenvalue weighted by Gasteiger charge is 2.04. The maximum Gasteiger partial charge on any atom is 0.139 e. The van der Waals surface area contributed by atoms with Crippen LogP contribution < -0.4 is 0 Å². The number of hydrogen-bond acceptors (Lipinski definition) is 3. The number of hydrogen-bond donors (Lipinski definition) is 1. The van der Waals surface area contributed by atoms with E-state index in [1.54, 1.807) is 0 Å². The van der Waals surface area contributed by atoms with Crippen LogP contribution in [0.3, 0.4) is 0 Å². The Labute approximate surface area is 68.9 Å². The van der Waals surface area contributed by atoms with Gasteiger partial charge in [0.05, 0.1) is 23.7 Å². The Kier molecular flexibility index (Phi) is 2.29. The Morgan fingerprint density at radius 2 is 2.36 bits per heavy atom. The molecule has 0 fully saturated rings. The van der Waals surface area contributed by atoms with Crippen molar-refractivity contribution < 1.29 is 5.11 Å². The van der Waals surface area contributed by atoms with Crippen molar-refractivity contribution in [1.82, 2.24) is 4.98 Å². The van der Waals surface area contributed by atoms with Gasteiger partial charge in [-0.3, -0.25) is 4.98 Å². The number of aromatic nitrogens is 1. The van der Waals surface area contributed by atoms with E-state index < -0.39 is 0 Å². The highest BCUT2D eigenvalue weighted by atomic mass is 35.5. The lowest BCUT2D eigenvalue weighted by molar-refractivity contribution is 0.467. The lowest BCUT2D eigenvalue weighted by Gasteiger charge is -1.99. The van der Waals surface area contributed by atoms with Gasteiger partial charge in [-0.15, -0.1) is 0 Å². The molecule has 56 valence electrons. The van der Waals surface area contributed by atoms with Gasteiger partial charge in [0.15, 0.2) is 0 Å². The van der Waals surface area contributed by atoms with Crippen LogP contribution in [0.5, 0.6) is 5.75 Å². The summed E-state index contributed by atoms with van der Waals surface area (Å²) >= 11 is 5.63. The van der Waals surface area contributed by atoms with Gasteiger partial charge in [0.25, 0.3) is 0 Å². The molecule has 0 radical (unpaired) electrons. The summed E-state index contributed by atoms with van der Waals surface area (Å²) in [6.07, 6.45) is 2.76. The Bertz CT molecular complexity index is 286. The fraction of sp³-hybridized carbons (Fsp3) is 0.143. The molecule has 3 nitrogen and oxygen atoms in total. The van der Waals surface area contributed by atoms with Gasteiger partial charge in [-0.1, -0.05) is 11.6 Å². The molecule has 1 N–H and O–H groups in total. The zero-order valence-electron chi connectivity index (χ0n) is 5.58. The van der Waals surface area contributed by atoms with E-state index >= 15 is 0 Å². The largest absolute Gasteiger partial charge is 0.506 e. The molecule has 0 spiro atoms. The predicted molar refractivity (Wildman–Crippen MR) is 40.2 cm³/mol. The Balaban J connectivity index is 3.12. The Morgan fingerprint density at radius 1 is 1.64 bits per heavy atom. The van der Waals surface area contributed by atoms with E-state index in [1.807, 2.05) is 6.07 Å². The molecule has 0 aliphatic rings. The van der Waals surface area contributed by atoms with E-state index in [1.165, 1.54) is 12.4 Å². The summed E-state index contributed by atoms with van der Waals surface area (Å²) in [6, 6.07) is 1.89. The Hall–Kier alpha value is -1.27. The lowest BCUT2D eigenvalue weighted by atomic mass is 10.2. The first kappa shape index (κ1) is 7.83. The van der Waals surface area contributed by atoms with Gasteiger partial charge >= 0.3 is 0 Å². The standard InChI is InChI=1S/C7H5ClN2O/c8-6-3-10-4-7(11)5(6)1-2-9/h3-4,11H,1H2. The van der Waals surface area contributed by atoms with E-state index in [4.69, 9.17) is 22.0 Å². The van der Waals surface area contributed by atoms with E-state index in [0.717, 1.165) is 0 Å². The van der Waals surface area contributed by atoms with Gasteiger partial charge in [-0.25, -0.2) is 0 Å². The predicted octanol–water partition coefficient (Wildman–Crippen LogP) is 1.51. The summed E-state index contributed by atoms with van der Waals surface area (Å²) in [5, 5.41) is 17.8. The molecule has 0 aliphatic carbocycles. The summed E-state index contributed by atoms with van der Waals surface area (Å²) in [4.78, 5) is 3.64. The van der Waals surface area contributed by atoms with Crippen molar-refractivity contribution in [2.24, 2.45) is 0 Å². The Morgan fingerprint density at radius 3 is 2.91 bits per heavy atom. The molecule has 0 saturated carbocycles. The topological polar surface area (TPSA) is 56.9 Å². The molecular weight excluding hydrogens is 164 g/mol. The summed E-state index contributed by atoms with van der Waals surface area (Å²) < 4.78 is 0. The van der Waals surface area contributed by atoms with Crippen LogP contribution in [-0.2, 0) is 6.42 Å². The first-order valence-corrected chi connectivity index (χ1v) is 3.32. The van der Waals surface area contributed by atoms with Crippen molar-refractivity contribution in [3.8, 4) is 11.8 Å². The third kappa shape index (κ3) is 1.60. The number of rotatable bonds is 1. The maximum absolute atomic E-state index is 9.12. The van der Waals surface area contributed by atoms with Gasteiger partial charge < -0.3 is 5.11 Å². The minimum absolute atomic E-state index is 0.0287. The molecule has 1 heterocycles. The highest BCUT2D eigenvalue weighted by Crippen LogP contribution is 2.23. The van der Waals surface area contributed by atoms with Crippen LogP contribution in [0.1, 0.15) is 5.56 Å². The first-order valence-electron chi connectivity index (χ1n) is 2.94. The molecule has 0 bridgehead atoms. The molecule has 0 unspecified atom stereocenters. The minimum atomic E-state index is -0.0287. The van der Waals surface area contributed by atoms with Gasteiger partial charge in [-0.05, 0) is 0 Å². The molecule has 0 saturated heterocycles. The molecule has 0 atom stereocenters. The summed E-state index contributed by atoms with van der Waals surface area (Å²) in [5.41, 5.74) is 0.434. The fourth-order valence-electron chi connectivity index (χ4n) is 0.706. The molecule has 0 amide bonds. The monoisotopic (exact) mass is 168 g/mol. The van der Waals surface area contributed by atoms with Crippen molar-refractivity contribution in [2.45, 2.75) is 6.42 Å². The molecule has 1 aromatic heterocycles. The second-order valence-corrected chi connectivity index (χ2v) is 2.36. The van der Waals surface area contributed by atoms with Gasteiger partial charge in [0, 0.05) is 11.8 Å². The molecule has 1 aromatic rings. The van der Waals surface area contributed by atoms with Crippen molar-refractivity contribution in [2.75, 3.05) is 0 Å². The van der Waals surface area contributed by atoms with Crippen LogP contribution in [0, 0.1) is 11.3 Å². The van der Waals surface area contributed by atoms with Crippen LogP contribution in [0.2, 0.25) is 5.02 Å². The van der Waals surface area contributed by atoms with Crippen LogP contribution in [-0.4, -0.2) is 10.1 Å². The second-order valence-electron chi connectivity index (χ2n) is 1.95. The average Bonchev–Trinajstić information content (AvgIpc) is 1.97. The zero-order chi connectivity index (χ0) is 8.27. The fourth-order valence-corrected chi connectivity index (χ4v) is 0.926. The number of pyridine rings is 1. The number of aromatic hydroxyl groups is 1. The lowest BCUT2D eigenvalue weighted by Crippen LogP contribution is -1.85.